The first-order valence-electron chi connectivity index (χ1n) is 14.8. The smallest absolute Gasteiger partial charge is 0.302 e. The number of benzene rings is 2. The fourth-order valence-corrected chi connectivity index (χ4v) is 9.12. The summed E-state index contributed by atoms with van der Waals surface area (Å²) in [5, 5.41) is 18.3. The molecule has 3 N–H and O–H groups in total. The second-order valence-electron chi connectivity index (χ2n) is 11.9. The molecule has 0 aliphatic carbocycles. The van der Waals surface area contributed by atoms with Crippen molar-refractivity contribution in [2.24, 2.45) is 0 Å². The van der Waals surface area contributed by atoms with E-state index in [0.29, 0.717) is 43.0 Å². The average molecular weight is 658 g/mol. The Morgan fingerprint density at radius 1 is 1.04 bits per heavy atom. The number of carbonyl (C=O) groups excluding carboxylic acids is 1. The fraction of sp³-hybridized carbons (Fsp3) is 0.355. The third-order valence-corrected chi connectivity index (χ3v) is 11.0. The quantitative estimate of drug-likeness (QED) is 0.229. The van der Waals surface area contributed by atoms with Gasteiger partial charge in [-0.15, -0.1) is 0 Å². The van der Waals surface area contributed by atoms with E-state index in [-0.39, 0.29) is 34.9 Å². The molecule has 10 nitrogen and oxygen atoms in total. The molecule has 2 fully saturated rings. The summed E-state index contributed by atoms with van der Waals surface area (Å²) >= 11 is 6.73. The zero-order valence-corrected chi connectivity index (χ0v) is 25.5. The summed E-state index contributed by atoms with van der Waals surface area (Å²) in [7, 11) is -4.17. The van der Waals surface area contributed by atoms with Gasteiger partial charge in [0.05, 0.1) is 10.7 Å². The van der Waals surface area contributed by atoms with Crippen LogP contribution < -0.4 is 10.0 Å². The number of rotatable bonds is 7. The molecule has 0 saturated carbocycles. The normalized spacial score (nSPS) is 23.1. The number of nitrogens with zero attached hydrogens (tertiary/aromatic N) is 3. The first kappa shape index (κ1) is 29.9. The van der Waals surface area contributed by atoms with E-state index in [2.05, 4.69) is 15.2 Å². The van der Waals surface area contributed by atoms with Crippen LogP contribution in [0.15, 0.2) is 59.1 Å². The van der Waals surface area contributed by atoms with Crippen molar-refractivity contribution in [1.29, 1.82) is 0 Å². The van der Waals surface area contributed by atoms with E-state index in [1.165, 1.54) is 10.4 Å². The Bertz CT molecular complexity index is 1880. The lowest BCUT2D eigenvalue weighted by atomic mass is 9.84. The van der Waals surface area contributed by atoms with E-state index in [1.807, 2.05) is 30.3 Å². The van der Waals surface area contributed by atoms with Gasteiger partial charge in [-0.1, -0.05) is 47.1 Å². The number of nitrogens with one attached hydrogen (secondary N) is 2. The molecule has 0 radical (unpaired) electrons. The maximum atomic E-state index is 14.0. The minimum atomic E-state index is -4.17. The highest BCUT2D eigenvalue weighted by molar-refractivity contribution is 7.90. The van der Waals surface area contributed by atoms with E-state index >= 15 is 0 Å². The molecule has 45 heavy (non-hydrogen) atoms. The summed E-state index contributed by atoms with van der Waals surface area (Å²) in [5.41, 5.74) is 0.571. The van der Waals surface area contributed by atoms with E-state index in [4.69, 9.17) is 16.1 Å². The van der Waals surface area contributed by atoms with Gasteiger partial charge in [-0.05, 0) is 57.1 Å². The molecule has 4 aromatic rings. The van der Waals surface area contributed by atoms with Crippen molar-refractivity contribution in [3.05, 3.63) is 88.3 Å². The third-order valence-electron chi connectivity index (χ3n) is 9.00. The Balaban J connectivity index is 1.14. The number of aliphatic hydroxyl groups is 1. The highest BCUT2D eigenvalue weighted by Crippen LogP contribution is 2.48. The van der Waals surface area contributed by atoms with Crippen LogP contribution in [0.25, 0.3) is 11.3 Å². The van der Waals surface area contributed by atoms with E-state index in [0.717, 1.165) is 30.5 Å². The molecule has 3 aliphatic rings. The van der Waals surface area contributed by atoms with Gasteiger partial charge in [-0.2, -0.15) is 12.7 Å². The van der Waals surface area contributed by atoms with Crippen molar-refractivity contribution >= 4 is 39.1 Å². The molecule has 14 heteroatoms. The predicted octanol–water partition coefficient (Wildman–Crippen LogP) is 5.83. The summed E-state index contributed by atoms with van der Waals surface area (Å²) in [6.45, 7) is 0.433. The minimum Gasteiger partial charge on any atom is -0.383 e. The number of anilines is 2. The van der Waals surface area contributed by atoms with Gasteiger partial charge in [0, 0.05) is 47.7 Å². The molecule has 2 aromatic carbocycles. The summed E-state index contributed by atoms with van der Waals surface area (Å²) in [4.78, 5) is 13.3. The molecule has 0 spiro atoms. The molecular weight excluding hydrogens is 628 g/mol. The Labute approximate surface area is 263 Å². The Morgan fingerprint density at radius 2 is 1.78 bits per heavy atom. The van der Waals surface area contributed by atoms with Crippen molar-refractivity contribution < 1.29 is 31.6 Å². The Kier molecular flexibility index (Phi) is 7.46. The topological polar surface area (TPSA) is 130 Å². The molecule has 2 aromatic heterocycles. The molecule has 2 saturated heterocycles. The van der Waals surface area contributed by atoms with Crippen LogP contribution in [0, 0.1) is 11.6 Å². The Morgan fingerprint density at radius 3 is 2.49 bits per heavy atom. The van der Waals surface area contributed by atoms with E-state index in [1.54, 1.807) is 10.6 Å². The number of carbonyl (C=O) groups is 1. The molecule has 236 valence electrons. The lowest BCUT2D eigenvalue weighted by Crippen LogP contribution is -2.53. The summed E-state index contributed by atoms with van der Waals surface area (Å²) in [6, 6.07) is 13.1. The van der Waals surface area contributed by atoms with Gasteiger partial charge in [-0.25, -0.2) is 8.78 Å². The molecule has 2 unspecified atom stereocenters. The van der Waals surface area contributed by atoms with Gasteiger partial charge in [0.2, 0.25) is 0 Å². The van der Waals surface area contributed by atoms with E-state index < -0.39 is 45.4 Å². The second kappa shape index (κ2) is 11.2. The number of aromatic nitrogens is 2. The van der Waals surface area contributed by atoms with Gasteiger partial charge in [-0.3, -0.25) is 9.52 Å². The van der Waals surface area contributed by atoms with Crippen LogP contribution in [-0.2, 0) is 28.8 Å². The molecule has 1 amide bonds. The average Bonchev–Trinajstić information content (AvgIpc) is 3.70. The first-order chi connectivity index (χ1) is 21.5. The number of amides is 1. The van der Waals surface area contributed by atoms with Crippen molar-refractivity contribution in [1.82, 2.24) is 14.0 Å². The van der Waals surface area contributed by atoms with E-state index in [9.17, 15) is 27.1 Å². The molecule has 5 heterocycles. The summed E-state index contributed by atoms with van der Waals surface area (Å²) in [6.07, 6.45) is 3.38. The van der Waals surface area contributed by atoms with Crippen molar-refractivity contribution in [3.63, 3.8) is 0 Å². The first-order valence-corrected chi connectivity index (χ1v) is 16.6. The molecule has 2 atom stereocenters. The SMILES string of the molecule is O=C(Nc1ccc(F)c(F)c1)c1c(Cl)c(NS(=O)(=O)N2C3CCC2CC(O)(c2cc(-c4ccccc4)on2)C3)c2n1CCCC2. The van der Waals surface area contributed by atoms with Crippen LogP contribution in [0.2, 0.25) is 5.02 Å². The largest absolute Gasteiger partial charge is 0.383 e. The highest BCUT2D eigenvalue weighted by Gasteiger charge is 2.54. The molecule has 2 bridgehead atoms. The van der Waals surface area contributed by atoms with Crippen LogP contribution in [0.3, 0.4) is 0 Å². The standard InChI is InChI=1S/C31H30ClF2N5O5S/c32-27-28(24-8-4-5-13-38(24)29(27)30(40)35-19-9-12-22(33)23(34)14-19)37-45(42,43)39-20-10-11-21(39)17-31(41,16-20)26-15-25(44-36-26)18-6-2-1-3-7-18/h1-3,6-7,9,12,14-15,20-21,37,41H,4-5,8,10-11,13,16-17H2,(H,35,40). The van der Waals surface area contributed by atoms with Crippen LogP contribution in [-0.4, -0.2) is 45.5 Å². The number of halogens is 3. The fourth-order valence-electron chi connectivity index (χ4n) is 6.99. The minimum absolute atomic E-state index is 0.0313. The summed E-state index contributed by atoms with van der Waals surface area (Å²) in [5.74, 6) is -2.33. The zero-order valence-electron chi connectivity index (χ0n) is 24.0. The lowest BCUT2D eigenvalue weighted by Gasteiger charge is -2.41. The molecular formula is C31H30ClF2N5O5S. The zero-order chi connectivity index (χ0) is 31.5. The van der Waals surface area contributed by atoms with Crippen LogP contribution in [0.5, 0.6) is 0 Å². The Hall–Kier alpha value is -3.78. The number of piperidine rings is 1. The number of hydrogen-bond donors (Lipinski definition) is 3. The van der Waals surface area contributed by atoms with Crippen molar-refractivity contribution in [2.45, 2.75) is 69.2 Å². The van der Waals surface area contributed by atoms with Gasteiger partial charge < -0.3 is 19.5 Å². The summed E-state index contributed by atoms with van der Waals surface area (Å²) < 4.78 is 66.4. The number of fused-ring (bicyclic) bond motifs is 3. The lowest BCUT2D eigenvalue weighted by molar-refractivity contribution is -0.0391. The third kappa shape index (κ3) is 5.31. The maximum absolute atomic E-state index is 14.0. The highest BCUT2D eigenvalue weighted by atomic mass is 35.5. The van der Waals surface area contributed by atoms with Crippen LogP contribution in [0.1, 0.15) is 60.4 Å². The predicted molar refractivity (Wildman–Crippen MR) is 163 cm³/mol. The monoisotopic (exact) mass is 657 g/mol. The van der Waals surface area contributed by atoms with Gasteiger partial charge in [0.25, 0.3) is 5.91 Å². The van der Waals surface area contributed by atoms with Gasteiger partial charge in [0.15, 0.2) is 17.4 Å². The van der Waals surface area contributed by atoms with Gasteiger partial charge in [0.1, 0.15) is 17.0 Å². The van der Waals surface area contributed by atoms with Crippen molar-refractivity contribution in [2.75, 3.05) is 10.0 Å². The number of hydrogen-bond acceptors (Lipinski definition) is 6. The van der Waals surface area contributed by atoms with Gasteiger partial charge >= 0.3 is 10.2 Å². The molecule has 7 rings (SSSR count). The maximum Gasteiger partial charge on any atom is 0.302 e. The van der Waals surface area contributed by atoms with Crippen LogP contribution >= 0.6 is 11.6 Å². The van der Waals surface area contributed by atoms with Crippen LogP contribution in [0.4, 0.5) is 20.2 Å². The molecule has 3 aliphatic heterocycles. The second-order valence-corrected chi connectivity index (χ2v) is 13.8. The van der Waals surface area contributed by atoms with Crippen molar-refractivity contribution in [3.8, 4) is 11.3 Å².